The molecule has 1 atom stereocenters. The number of benzene rings is 3. The fourth-order valence-corrected chi connectivity index (χ4v) is 4.66. The number of aliphatic hydroxyl groups excluding tert-OH is 1. The third-order valence-corrected chi connectivity index (χ3v) is 6.47. The molecular formula is C31H33NO6. The van der Waals surface area contributed by atoms with Gasteiger partial charge >= 0.3 is 0 Å². The van der Waals surface area contributed by atoms with E-state index in [4.69, 9.17) is 14.2 Å². The van der Waals surface area contributed by atoms with Crippen molar-refractivity contribution in [1.29, 1.82) is 0 Å². The van der Waals surface area contributed by atoms with Gasteiger partial charge in [-0.3, -0.25) is 14.5 Å². The first-order chi connectivity index (χ1) is 18.2. The zero-order valence-corrected chi connectivity index (χ0v) is 22.5. The summed E-state index contributed by atoms with van der Waals surface area (Å²) in [7, 11) is 3.13. The lowest BCUT2D eigenvalue weighted by Gasteiger charge is -2.26. The second-order valence-electron chi connectivity index (χ2n) is 9.72. The van der Waals surface area contributed by atoms with Gasteiger partial charge < -0.3 is 19.3 Å². The molecule has 7 heteroatoms. The van der Waals surface area contributed by atoms with Crippen molar-refractivity contribution < 1.29 is 28.9 Å². The van der Waals surface area contributed by atoms with Gasteiger partial charge in [-0.2, -0.15) is 0 Å². The summed E-state index contributed by atoms with van der Waals surface area (Å²) in [4.78, 5) is 28.4. The maximum absolute atomic E-state index is 13.5. The van der Waals surface area contributed by atoms with Crippen molar-refractivity contribution in [3.63, 3.8) is 0 Å². The molecule has 0 saturated carbocycles. The van der Waals surface area contributed by atoms with Gasteiger partial charge in [-0.05, 0) is 73.4 Å². The molecule has 1 amide bonds. The van der Waals surface area contributed by atoms with Crippen LogP contribution in [0.3, 0.4) is 0 Å². The Labute approximate surface area is 223 Å². The normalized spacial score (nSPS) is 16.8. The summed E-state index contributed by atoms with van der Waals surface area (Å²) >= 11 is 0. The number of rotatable bonds is 8. The highest BCUT2D eigenvalue weighted by atomic mass is 16.5. The molecule has 0 bridgehead atoms. The third-order valence-electron chi connectivity index (χ3n) is 6.47. The van der Waals surface area contributed by atoms with E-state index in [2.05, 4.69) is 0 Å². The van der Waals surface area contributed by atoms with Gasteiger partial charge in [-0.15, -0.1) is 0 Å². The maximum Gasteiger partial charge on any atom is 0.300 e. The Hall–Kier alpha value is -4.26. The second-order valence-corrected chi connectivity index (χ2v) is 9.72. The van der Waals surface area contributed by atoms with Crippen LogP contribution in [0.25, 0.3) is 5.76 Å². The van der Waals surface area contributed by atoms with Gasteiger partial charge in [0, 0.05) is 17.3 Å². The van der Waals surface area contributed by atoms with Crippen LogP contribution < -0.4 is 19.1 Å². The minimum Gasteiger partial charge on any atom is -0.507 e. The lowest BCUT2D eigenvalue weighted by atomic mass is 9.93. The van der Waals surface area contributed by atoms with E-state index < -0.39 is 17.7 Å². The van der Waals surface area contributed by atoms with Crippen molar-refractivity contribution in [2.24, 2.45) is 0 Å². The van der Waals surface area contributed by atoms with Crippen molar-refractivity contribution >= 4 is 23.1 Å². The van der Waals surface area contributed by atoms with Crippen LogP contribution in [0.15, 0.2) is 72.3 Å². The average Bonchev–Trinajstić information content (AvgIpc) is 3.18. The van der Waals surface area contributed by atoms with Crippen molar-refractivity contribution in [2.45, 2.75) is 45.8 Å². The largest absolute Gasteiger partial charge is 0.507 e. The summed E-state index contributed by atoms with van der Waals surface area (Å²) in [6.07, 6.45) is -0.00602. The molecule has 38 heavy (non-hydrogen) atoms. The lowest BCUT2D eigenvalue weighted by molar-refractivity contribution is -0.132. The van der Waals surface area contributed by atoms with Crippen LogP contribution in [0.5, 0.6) is 17.2 Å². The Kier molecular flexibility index (Phi) is 7.76. The van der Waals surface area contributed by atoms with E-state index in [1.807, 2.05) is 39.8 Å². The molecule has 3 aromatic carbocycles. The molecule has 0 radical (unpaired) electrons. The lowest BCUT2D eigenvalue weighted by Crippen LogP contribution is -2.29. The van der Waals surface area contributed by atoms with E-state index in [9.17, 15) is 14.7 Å². The molecule has 1 fully saturated rings. The molecule has 1 aliphatic rings. The predicted molar refractivity (Wildman–Crippen MR) is 147 cm³/mol. The molecule has 0 spiro atoms. The third kappa shape index (κ3) is 5.09. The zero-order valence-electron chi connectivity index (χ0n) is 22.5. The number of Topliss-reactive ketones (excluding diaryl/α,β-unsaturated/α-hetero) is 1. The number of ether oxygens (including phenoxy) is 3. The molecule has 0 aromatic heterocycles. The van der Waals surface area contributed by atoms with Crippen LogP contribution in [0.1, 0.15) is 56.3 Å². The highest BCUT2D eigenvalue weighted by molar-refractivity contribution is 6.51. The maximum atomic E-state index is 13.5. The summed E-state index contributed by atoms with van der Waals surface area (Å²) in [6.45, 7) is 7.91. The van der Waals surface area contributed by atoms with Gasteiger partial charge in [-0.1, -0.05) is 32.0 Å². The monoisotopic (exact) mass is 515 g/mol. The molecular weight excluding hydrogens is 482 g/mol. The fraction of sp³-hybridized carbons (Fsp3) is 0.290. The van der Waals surface area contributed by atoms with Crippen molar-refractivity contribution in [2.75, 3.05) is 19.1 Å². The highest BCUT2D eigenvalue weighted by Gasteiger charge is 2.47. The van der Waals surface area contributed by atoms with E-state index in [1.54, 1.807) is 61.7 Å². The van der Waals surface area contributed by atoms with Crippen LogP contribution in [0, 0.1) is 0 Å². The molecule has 1 heterocycles. The van der Waals surface area contributed by atoms with Gasteiger partial charge in [0.05, 0.1) is 31.9 Å². The number of anilines is 1. The Morgan fingerprint density at radius 3 is 2.18 bits per heavy atom. The van der Waals surface area contributed by atoms with E-state index in [0.717, 1.165) is 5.56 Å². The first-order valence-corrected chi connectivity index (χ1v) is 12.6. The summed E-state index contributed by atoms with van der Waals surface area (Å²) in [6, 6.07) is 18.5. The molecule has 1 N–H and O–H groups in total. The van der Waals surface area contributed by atoms with Gasteiger partial charge in [0.25, 0.3) is 11.7 Å². The van der Waals surface area contributed by atoms with E-state index in [-0.39, 0.29) is 23.4 Å². The number of amides is 1. The molecule has 1 saturated heterocycles. The number of carbonyl (C=O) groups is 2. The minimum absolute atomic E-state index is 0.00602. The smallest absolute Gasteiger partial charge is 0.300 e. The highest BCUT2D eigenvalue weighted by Crippen LogP contribution is 2.43. The van der Waals surface area contributed by atoms with Crippen LogP contribution in [0.2, 0.25) is 0 Å². The van der Waals surface area contributed by atoms with Gasteiger partial charge in [0.15, 0.2) is 0 Å². The topological polar surface area (TPSA) is 85.3 Å². The molecule has 1 unspecified atom stereocenters. The predicted octanol–water partition coefficient (Wildman–Crippen LogP) is 6.24. The Morgan fingerprint density at radius 2 is 1.58 bits per heavy atom. The summed E-state index contributed by atoms with van der Waals surface area (Å²) in [5.41, 5.74) is 2.46. The Bertz CT molecular complexity index is 1370. The van der Waals surface area contributed by atoms with Gasteiger partial charge in [-0.25, -0.2) is 0 Å². The first kappa shape index (κ1) is 26.8. The quantitative estimate of drug-likeness (QED) is 0.217. The Morgan fingerprint density at radius 1 is 0.868 bits per heavy atom. The van der Waals surface area contributed by atoms with Crippen LogP contribution in [-0.2, 0) is 9.59 Å². The molecule has 0 aliphatic carbocycles. The molecule has 7 nitrogen and oxygen atoms in total. The SMILES string of the molecule is COc1cccc(N2C(=O)C(=O)/C(=C(\O)c3ccc(OC)c(C(C)C)c3)C2c2ccc(OC(C)C)cc2)c1. The first-order valence-electron chi connectivity index (χ1n) is 12.6. The standard InChI is InChI=1S/C31H33NO6/c1-18(2)25-16-21(12-15-26(25)37-6)29(33)27-28(20-10-13-23(14-11-20)38-19(3)4)32(31(35)30(27)34)22-8-7-9-24(17-22)36-5/h7-19,28,33H,1-6H3/b29-27-. The minimum atomic E-state index is -0.861. The van der Waals surface area contributed by atoms with E-state index in [1.165, 1.54) is 12.0 Å². The zero-order chi connectivity index (χ0) is 27.6. The number of hydrogen-bond donors (Lipinski definition) is 1. The molecule has 4 rings (SSSR count). The average molecular weight is 516 g/mol. The molecule has 198 valence electrons. The van der Waals surface area contributed by atoms with Crippen LogP contribution >= 0.6 is 0 Å². The molecule has 1 aliphatic heterocycles. The van der Waals surface area contributed by atoms with Gasteiger partial charge in [0.1, 0.15) is 23.0 Å². The molecule has 3 aromatic rings. The Balaban J connectivity index is 1.92. The van der Waals surface area contributed by atoms with Crippen molar-refractivity contribution in [3.8, 4) is 17.2 Å². The van der Waals surface area contributed by atoms with Crippen LogP contribution in [0.4, 0.5) is 5.69 Å². The number of hydrogen-bond acceptors (Lipinski definition) is 6. The number of carbonyl (C=O) groups excluding carboxylic acids is 2. The fourth-order valence-electron chi connectivity index (χ4n) is 4.66. The van der Waals surface area contributed by atoms with E-state index >= 15 is 0 Å². The van der Waals surface area contributed by atoms with Gasteiger partial charge in [0.2, 0.25) is 0 Å². The summed E-state index contributed by atoms with van der Waals surface area (Å²) < 4.78 is 16.6. The number of ketones is 1. The number of aliphatic hydroxyl groups is 1. The van der Waals surface area contributed by atoms with Crippen LogP contribution in [-0.4, -0.2) is 37.1 Å². The van der Waals surface area contributed by atoms with Crippen molar-refractivity contribution in [1.82, 2.24) is 0 Å². The summed E-state index contributed by atoms with van der Waals surface area (Å²) in [5, 5.41) is 11.5. The number of methoxy groups -OCH3 is 2. The number of nitrogens with zero attached hydrogens (tertiary/aromatic N) is 1. The second kappa shape index (κ2) is 11.0. The summed E-state index contributed by atoms with van der Waals surface area (Å²) in [5.74, 6) is 0.265. The van der Waals surface area contributed by atoms with Crippen molar-refractivity contribution in [3.05, 3.63) is 89.0 Å². The van der Waals surface area contributed by atoms with E-state index in [0.29, 0.717) is 34.1 Å².